The maximum atomic E-state index is 11.9. The number of nitrogen functional groups attached to an aromatic ring is 1. The molecule has 5 rings (SSSR count). The maximum Gasteiger partial charge on any atom is 0.177 e. The summed E-state index contributed by atoms with van der Waals surface area (Å²) in [7, 11) is 0. The Morgan fingerprint density at radius 1 is 1.18 bits per heavy atom. The molecule has 4 N–H and O–H groups in total. The minimum atomic E-state index is -0.933. The lowest BCUT2D eigenvalue weighted by atomic mass is 10.0. The molecule has 9 nitrogen and oxygen atoms in total. The Kier molecular flexibility index (Phi) is 5.50. The predicted molar refractivity (Wildman–Crippen MR) is 129 cm³/mol. The molecule has 3 aromatic heterocycles. The second-order valence-electron chi connectivity index (χ2n) is 8.06. The normalized spacial score (nSPS) is 14.1. The first-order chi connectivity index (χ1) is 16.0. The number of nitrogens with one attached hydrogen (secondary N) is 2. The Balaban J connectivity index is 1.51. The van der Waals surface area contributed by atoms with E-state index in [0.717, 1.165) is 11.3 Å². The topological polar surface area (TPSA) is 140 Å². The number of benzene rings is 1. The van der Waals surface area contributed by atoms with Gasteiger partial charge in [-0.1, -0.05) is 17.2 Å². The van der Waals surface area contributed by atoms with Crippen molar-refractivity contribution >= 4 is 45.7 Å². The van der Waals surface area contributed by atoms with Crippen LogP contribution in [0, 0.1) is 11.3 Å². The van der Waals surface area contributed by atoms with E-state index in [-0.39, 0.29) is 0 Å². The molecule has 166 valence electrons. The van der Waals surface area contributed by atoms with Crippen LogP contribution in [0.4, 0.5) is 28.8 Å². The first-order valence-electron chi connectivity index (χ1n) is 10.5. The number of hydrogen-bond donors (Lipinski definition) is 3. The van der Waals surface area contributed by atoms with Gasteiger partial charge in [0.1, 0.15) is 34.8 Å². The van der Waals surface area contributed by atoms with E-state index in [1.807, 2.05) is 12.1 Å². The lowest BCUT2D eigenvalue weighted by Gasteiger charge is -2.14. The zero-order chi connectivity index (χ0) is 22.9. The third kappa shape index (κ3) is 4.55. The van der Waals surface area contributed by atoms with Crippen molar-refractivity contribution < 1.29 is 4.55 Å². The van der Waals surface area contributed by atoms with Crippen molar-refractivity contribution in [2.75, 3.05) is 22.6 Å². The van der Waals surface area contributed by atoms with Gasteiger partial charge in [0.05, 0.1) is 24.3 Å². The number of fused-ring (bicyclic) bond motifs is 1. The largest absolute Gasteiger partial charge is 0.616 e. The minimum Gasteiger partial charge on any atom is -0.616 e. The van der Waals surface area contributed by atoms with Gasteiger partial charge in [-0.05, 0) is 48.6 Å². The second-order valence-corrected chi connectivity index (χ2v) is 9.50. The third-order valence-electron chi connectivity index (χ3n) is 5.43. The highest BCUT2D eigenvalue weighted by Crippen LogP contribution is 2.42. The predicted octanol–water partition coefficient (Wildman–Crippen LogP) is 3.82. The van der Waals surface area contributed by atoms with Crippen molar-refractivity contribution in [2.45, 2.75) is 24.5 Å². The lowest BCUT2D eigenvalue weighted by molar-refractivity contribution is 0.600. The maximum absolute atomic E-state index is 11.9. The van der Waals surface area contributed by atoms with Crippen molar-refractivity contribution in [3.63, 3.8) is 0 Å². The van der Waals surface area contributed by atoms with Crippen LogP contribution in [-0.2, 0) is 16.9 Å². The molecule has 1 atom stereocenters. The molecule has 1 saturated carbocycles. The van der Waals surface area contributed by atoms with Crippen LogP contribution in [0.1, 0.15) is 35.4 Å². The molecule has 1 aliphatic rings. The van der Waals surface area contributed by atoms with Gasteiger partial charge in [-0.3, -0.25) is 0 Å². The number of nitriles is 1. The highest BCUT2D eigenvalue weighted by molar-refractivity contribution is 7.89. The van der Waals surface area contributed by atoms with Crippen LogP contribution in [0.15, 0.2) is 48.8 Å². The quantitative estimate of drug-likeness (QED) is 0.355. The molecule has 0 aliphatic heterocycles. The van der Waals surface area contributed by atoms with Crippen LogP contribution in [0.2, 0.25) is 0 Å². The summed E-state index contributed by atoms with van der Waals surface area (Å²) in [6.07, 6.45) is 7.12. The molecule has 33 heavy (non-hydrogen) atoms. The van der Waals surface area contributed by atoms with E-state index in [0.29, 0.717) is 46.0 Å². The number of nitrogens with two attached hydrogens (primary N) is 1. The molecular formula is C23H22N8OS. The van der Waals surface area contributed by atoms with E-state index in [9.17, 15) is 9.81 Å². The third-order valence-corrected chi connectivity index (χ3v) is 6.14. The van der Waals surface area contributed by atoms with E-state index >= 15 is 0 Å². The summed E-state index contributed by atoms with van der Waals surface area (Å²) < 4.78 is 13.5. The fraction of sp³-hybridized carbons (Fsp3) is 0.217. The van der Waals surface area contributed by atoms with E-state index in [1.54, 1.807) is 35.2 Å². The number of hydrogen-bond acceptors (Lipinski definition) is 8. The Hall–Kier alpha value is -3.81. The van der Waals surface area contributed by atoms with Crippen LogP contribution in [0.3, 0.4) is 0 Å². The number of nitrogens with zero attached hydrogens (tertiary/aromatic N) is 5. The summed E-state index contributed by atoms with van der Waals surface area (Å²) >= 11 is -0.933. The summed E-state index contributed by atoms with van der Waals surface area (Å²) in [6, 6.07) is 13.6. The molecule has 1 aliphatic carbocycles. The average molecular weight is 459 g/mol. The smallest absolute Gasteiger partial charge is 0.177 e. The number of anilines is 5. The van der Waals surface area contributed by atoms with Gasteiger partial charge in [-0.2, -0.15) is 14.9 Å². The zero-order valence-electron chi connectivity index (χ0n) is 17.9. The Bertz CT molecular complexity index is 1360. The highest BCUT2D eigenvalue weighted by Gasteiger charge is 2.27. The van der Waals surface area contributed by atoms with Crippen molar-refractivity contribution in [3.05, 3.63) is 65.5 Å². The van der Waals surface area contributed by atoms with E-state index < -0.39 is 11.2 Å². The second kappa shape index (κ2) is 8.61. The Morgan fingerprint density at radius 2 is 2.03 bits per heavy atom. The molecular weight excluding hydrogens is 436 g/mol. The molecule has 1 fully saturated rings. The molecule has 1 aromatic carbocycles. The van der Waals surface area contributed by atoms with Crippen molar-refractivity contribution in [2.24, 2.45) is 0 Å². The van der Waals surface area contributed by atoms with E-state index in [4.69, 9.17) is 5.73 Å². The molecule has 0 saturated heterocycles. The first kappa shape index (κ1) is 21.1. The summed E-state index contributed by atoms with van der Waals surface area (Å²) in [5.41, 5.74) is 10.3. The van der Waals surface area contributed by atoms with Crippen LogP contribution in [0.25, 0.3) is 5.65 Å². The first-order valence-corrected chi connectivity index (χ1v) is 12.2. The molecule has 4 aromatic rings. The number of aromatic nitrogens is 4. The molecule has 3 heterocycles. The monoisotopic (exact) mass is 458 g/mol. The Labute approximate surface area is 193 Å². The van der Waals surface area contributed by atoms with Crippen molar-refractivity contribution in [1.29, 1.82) is 5.26 Å². The van der Waals surface area contributed by atoms with Gasteiger partial charge in [-0.15, -0.1) is 0 Å². The van der Waals surface area contributed by atoms with Crippen LogP contribution in [0.5, 0.6) is 0 Å². The number of pyridine rings is 1. The van der Waals surface area contributed by atoms with Gasteiger partial charge in [0.15, 0.2) is 5.65 Å². The molecule has 0 radical (unpaired) electrons. The molecule has 0 bridgehead atoms. The van der Waals surface area contributed by atoms with Crippen molar-refractivity contribution in [1.82, 2.24) is 19.6 Å². The van der Waals surface area contributed by atoms with Crippen LogP contribution >= 0.6 is 0 Å². The minimum absolute atomic E-state index is 0.359. The summed E-state index contributed by atoms with van der Waals surface area (Å²) in [5, 5.41) is 20.3. The van der Waals surface area contributed by atoms with Crippen LogP contribution in [-0.4, -0.2) is 30.4 Å². The summed E-state index contributed by atoms with van der Waals surface area (Å²) in [4.78, 5) is 8.88. The summed E-state index contributed by atoms with van der Waals surface area (Å²) in [5.74, 6) is 2.80. The van der Waals surface area contributed by atoms with Gasteiger partial charge >= 0.3 is 0 Å². The van der Waals surface area contributed by atoms with Crippen LogP contribution < -0.4 is 16.4 Å². The molecule has 0 spiro atoms. The van der Waals surface area contributed by atoms with Gasteiger partial charge < -0.3 is 20.9 Å². The number of rotatable bonds is 7. The van der Waals surface area contributed by atoms with Gasteiger partial charge in [0.25, 0.3) is 0 Å². The standard InChI is InChI=1S/C23H22N8OS/c1-33(32)13-15-8-18(5-6-19(15)14-2-3-14)28-21-9-22(29-20-7-4-17(25)12-26-20)31-23(30-21)16(10-24)11-27-31/h4-9,11-12,14H,2-3,13,25H2,1H3,(H,26,29)(H,28,30). The molecule has 0 amide bonds. The SMILES string of the molecule is C[S+]([O-])Cc1cc(Nc2cc(Nc3ccc(N)cn3)n3ncc(C#N)c3n2)ccc1C1CC1. The van der Waals surface area contributed by atoms with Gasteiger partial charge in [-0.25, -0.2) is 9.97 Å². The van der Waals surface area contributed by atoms with E-state index in [1.165, 1.54) is 24.6 Å². The van der Waals surface area contributed by atoms with Gasteiger partial charge in [0.2, 0.25) is 0 Å². The van der Waals surface area contributed by atoms with Crippen molar-refractivity contribution in [3.8, 4) is 6.07 Å². The highest BCUT2D eigenvalue weighted by atomic mass is 32.2. The molecule has 1 unspecified atom stereocenters. The average Bonchev–Trinajstić information content (AvgIpc) is 3.54. The van der Waals surface area contributed by atoms with Gasteiger partial charge in [0, 0.05) is 17.3 Å². The Morgan fingerprint density at radius 3 is 2.73 bits per heavy atom. The lowest BCUT2D eigenvalue weighted by Crippen LogP contribution is -2.06. The fourth-order valence-electron chi connectivity index (χ4n) is 3.77. The fourth-order valence-corrected chi connectivity index (χ4v) is 4.46. The molecule has 10 heteroatoms. The summed E-state index contributed by atoms with van der Waals surface area (Å²) in [6.45, 7) is 0. The zero-order valence-corrected chi connectivity index (χ0v) is 18.8. The van der Waals surface area contributed by atoms with E-state index in [2.05, 4.69) is 37.8 Å².